The normalized spacial score (nSPS) is 26.5. The summed E-state index contributed by atoms with van der Waals surface area (Å²) in [6, 6.07) is 14.3. The Morgan fingerprint density at radius 2 is 1.91 bits per heavy atom. The second-order valence-electron chi connectivity index (χ2n) is 9.57. The third kappa shape index (κ3) is 4.71. The molecule has 2 saturated heterocycles. The second kappa shape index (κ2) is 9.82. The van der Waals surface area contributed by atoms with E-state index in [-0.39, 0.29) is 23.8 Å². The van der Waals surface area contributed by atoms with Crippen LogP contribution in [0.3, 0.4) is 0 Å². The fourth-order valence-corrected chi connectivity index (χ4v) is 6.87. The van der Waals surface area contributed by atoms with Gasteiger partial charge in [-0.15, -0.1) is 11.8 Å². The fraction of sp³-hybridized carbons (Fsp3) is 0.444. The Hall–Kier alpha value is -2.80. The van der Waals surface area contributed by atoms with Crippen LogP contribution in [0.4, 0.5) is 5.82 Å². The molecule has 1 aliphatic carbocycles. The summed E-state index contributed by atoms with van der Waals surface area (Å²) in [6.07, 6.45) is 6.45. The number of carbonyl (C=O) groups is 2. The van der Waals surface area contributed by atoms with E-state index in [1.54, 1.807) is 11.8 Å². The van der Waals surface area contributed by atoms with Crippen LogP contribution >= 0.6 is 11.8 Å². The lowest BCUT2D eigenvalue weighted by molar-refractivity contribution is -0.139. The third-order valence-corrected chi connectivity index (χ3v) is 8.71. The summed E-state index contributed by atoms with van der Waals surface area (Å²) in [7, 11) is 1.91. The van der Waals surface area contributed by atoms with Crippen LogP contribution in [0.2, 0.25) is 0 Å². The van der Waals surface area contributed by atoms with Crippen molar-refractivity contribution < 1.29 is 9.59 Å². The van der Waals surface area contributed by atoms with Gasteiger partial charge < -0.3 is 14.7 Å². The van der Waals surface area contributed by atoms with Crippen molar-refractivity contribution in [3.63, 3.8) is 0 Å². The van der Waals surface area contributed by atoms with E-state index < -0.39 is 0 Å². The molecule has 5 rings (SSSR count). The molecule has 34 heavy (non-hydrogen) atoms. The number of hydrogen-bond acceptors (Lipinski definition) is 5. The Balaban J connectivity index is 1.21. The first-order valence-corrected chi connectivity index (χ1v) is 13.0. The molecule has 2 aliphatic heterocycles. The van der Waals surface area contributed by atoms with Gasteiger partial charge in [-0.1, -0.05) is 35.9 Å². The highest BCUT2D eigenvalue weighted by Crippen LogP contribution is 2.43. The molecule has 2 aromatic rings. The molecular formula is C27H32N4O2S. The Morgan fingerprint density at radius 3 is 2.65 bits per heavy atom. The van der Waals surface area contributed by atoms with Crippen LogP contribution in [0, 0.1) is 12.8 Å². The average Bonchev–Trinajstić information content (AvgIpc) is 2.87. The highest BCUT2D eigenvalue weighted by atomic mass is 32.2. The maximum absolute atomic E-state index is 13.4. The minimum atomic E-state index is 0.000743. The minimum absolute atomic E-state index is 0.000743. The number of pyridine rings is 1. The summed E-state index contributed by atoms with van der Waals surface area (Å²) in [6.45, 7) is 5.14. The minimum Gasteiger partial charge on any atom is -0.353 e. The van der Waals surface area contributed by atoms with Gasteiger partial charge in [0.25, 0.3) is 5.91 Å². The summed E-state index contributed by atoms with van der Waals surface area (Å²) >= 11 is 1.71. The van der Waals surface area contributed by atoms with Crippen LogP contribution in [0.15, 0.2) is 53.6 Å². The van der Waals surface area contributed by atoms with Crippen LogP contribution < -0.4 is 4.90 Å². The lowest BCUT2D eigenvalue weighted by atomic mass is 9.83. The Labute approximate surface area is 206 Å². The molecule has 6 nitrogen and oxygen atoms in total. The SMILES string of the molecule is Cc1cccc(/C=C2\SC3CCC(C(=O)N4CCN(c5ccccn5)CC4)CC3N(C)C2=O)c1. The van der Waals surface area contributed by atoms with Gasteiger partial charge in [0.05, 0.1) is 4.91 Å². The van der Waals surface area contributed by atoms with Gasteiger partial charge in [0.15, 0.2) is 0 Å². The molecule has 2 amide bonds. The summed E-state index contributed by atoms with van der Waals surface area (Å²) < 4.78 is 0. The molecule has 3 heterocycles. The summed E-state index contributed by atoms with van der Waals surface area (Å²) in [5, 5.41) is 0.351. The zero-order chi connectivity index (χ0) is 23.7. The van der Waals surface area contributed by atoms with Crippen molar-refractivity contribution in [1.29, 1.82) is 0 Å². The van der Waals surface area contributed by atoms with Crippen molar-refractivity contribution in [1.82, 2.24) is 14.8 Å². The Kier molecular flexibility index (Phi) is 6.63. The van der Waals surface area contributed by atoms with Gasteiger partial charge in [-0.25, -0.2) is 4.98 Å². The zero-order valence-electron chi connectivity index (χ0n) is 19.9. The van der Waals surface area contributed by atoms with Gasteiger partial charge in [0.1, 0.15) is 5.82 Å². The summed E-state index contributed by atoms with van der Waals surface area (Å²) in [5.74, 6) is 1.31. The molecule has 1 saturated carbocycles. The molecule has 178 valence electrons. The second-order valence-corrected chi connectivity index (χ2v) is 10.9. The number of hydrogen-bond donors (Lipinski definition) is 0. The number of aryl methyl sites for hydroxylation is 1. The third-order valence-electron chi connectivity index (χ3n) is 7.32. The van der Waals surface area contributed by atoms with Crippen molar-refractivity contribution in [2.24, 2.45) is 5.92 Å². The number of piperazine rings is 1. The van der Waals surface area contributed by atoms with E-state index in [0.29, 0.717) is 5.25 Å². The molecule has 3 unspecified atom stereocenters. The molecule has 1 aromatic carbocycles. The van der Waals surface area contributed by atoms with Crippen molar-refractivity contribution >= 4 is 35.5 Å². The van der Waals surface area contributed by atoms with Crippen LogP contribution in [0.5, 0.6) is 0 Å². The molecule has 3 aliphatic rings. The molecule has 3 fully saturated rings. The number of anilines is 1. The Morgan fingerprint density at radius 1 is 1.09 bits per heavy atom. The monoisotopic (exact) mass is 476 g/mol. The fourth-order valence-electron chi connectivity index (χ4n) is 5.39. The van der Waals surface area contributed by atoms with E-state index in [1.165, 1.54) is 5.56 Å². The first-order valence-electron chi connectivity index (χ1n) is 12.2. The summed E-state index contributed by atoms with van der Waals surface area (Å²) in [4.78, 5) is 37.9. The predicted molar refractivity (Wildman–Crippen MR) is 137 cm³/mol. The molecule has 3 atom stereocenters. The lowest BCUT2D eigenvalue weighted by Crippen LogP contribution is -2.55. The van der Waals surface area contributed by atoms with Crippen LogP contribution in [-0.4, -0.2) is 71.1 Å². The first-order chi connectivity index (χ1) is 16.5. The number of amides is 2. The van der Waals surface area contributed by atoms with Gasteiger partial charge in [-0.05, 0) is 50.0 Å². The number of rotatable bonds is 3. The molecule has 0 N–H and O–H groups in total. The van der Waals surface area contributed by atoms with Crippen molar-refractivity contribution in [2.75, 3.05) is 38.1 Å². The highest BCUT2D eigenvalue weighted by molar-refractivity contribution is 8.04. The summed E-state index contributed by atoms with van der Waals surface area (Å²) in [5.41, 5.74) is 2.25. The maximum atomic E-state index is 13.4. The van der Waals surface area contributed by atoms with Gasteiger partial charge in [-0.2, -0.15) is 0 Å². The van der Waals surface area contributed by atoms with E-state index in [1.807, 2.05) is 59.5 Å². The lowest BCUT2D eigenvalue weighted by Gasteiger charge is -2.45. The number of carbonyl (C=O) groups excluding carboxylic acids is 2. The highest BCUT2D eigenvalue weighted by Gasteiger charge is 2.43. The van der Waals surface area contributed by atoms with Crippen molar-refractivity contribution in [3.8, 4) is 0 Å². The molecule has 0 bridgehead atoms. The molecule has 7 heteroatoms. The van der Waals surface area contributed by atoms with Crippen molar-refractivity contribution in [2.45, 2.75) is 37.5 Å². The number of nitrogens with zero attached hydrogens (tertiary/aromatic N) is 4. The van der Waals surface area contributed by atoms with E-state index in [2.05, 4.69) is 28.9 Å². The van der Waals surface area contributed by atoms with E-state index in [9.17, 15) is 9.59 Å². The quantitative estimate of drug-likeness (QED) is 0.631. The average molecular weight is 477 g/mol. The molecule has 1 aromatic heterocycles. The number of benzene rings is 1. The topological polar surface area (TPSA) is 56.8 Å². The number of likely N-dealkylation sites (N-methyl/N-ethyl adjacent to an activating group) is 1. The molecule has 0 spiro atoms. The molecule has 0 radical (unpaired) electrons. The van der Waals surface area contributed by atoms with Gasteiger partial charge in [0.2, 0.25) is 5.91 Å². The van der Waals surface area contributed by atoms with E-state index in [4.69, 9.17) is 0 Å². The largest absolute Gasteiger partial charge is 0.353 e. The zero-order valence-corrected chi connectivity index (χ0v) is 20.7. The van der Waals surface area contributed by atoms with Crippen molar-refractivity contribution in [3.05, 3.63) is 64.7 Å². The van der Waals surface area contributed by atoms with E-state index >= 15 is 0 Å². The standard InChI is InChI=1S/C27H32N4O2S/c1-19-6-5-7-20(16-19)17-24-27(33)29(2)22-18-21(9-10-23(22)34-24)26(32)31-14-12-30(13-15-31)25-8-3-4-11-28-25/h3-8,11,16-17,21-23H,9-10,12-15,18H2,1-2H3/b24-17-. The number of aromatic nitrogens is 1. The predicted octanol–water partition coefficient (Wildman–Crippen LogP) is 3.82. The van der Waals surface area contributed by atoms with E-state index in [0.717, 1.165) is 61.7 Å². The number of fused-ring (bicyclic) bond motifs is 1. The van der Waals surface area contributed by atoms with Crippen LogP contribution in [0.1, 0.15) is 30.4 Å². The number of thioether (sulfide) groups is 1. The van der Waals surface area contributed by atoms with Gasteiger partial charge >= 0.3 is 0 Å². The molecular weight excluding hydrogens is 444 g/mol. The maximum Gasteiger partial charge on any atom is 0.260 e. The first kappa shape index (κ1) is 23.0. The van der Waals surface area contributed by atoms with Gasteiger partial charge in [0, 0.05) is 56.6 Å². The van der Waals surface area contributed by atoms with Gasteiger partial charge in [-0.3, -0.25) is 9.59 Å². The van der Waals surface area contributed by atoms with Crippen LogP contribution in [-0.2, 0) is 9.59 Å². The Bertz CT molecular complexity index is 1080. The smallest absolute Gasteiger partial charge is 0.260 e. The van der Waals surface area contributed by atoms with Crippen LogP contribution in [0.25, 0.3) is 6.08 Å².